The second-order valence-corrected chi connectivity index (χ2v) is 7.19. The molecule has 0 atom stereocenters. The molecular weight excluding hydrogens is 399 g/mol. The standard InChI is InChI=1S/C19H28Cl2N6O/c1-4-18-25-24-14-27(18)10-9-23-19(22-8-5-11-28-3)26(2)13-15-6-7-16(20)17(21)12-15/h6-7,12,14H,4-5,8-11,13H2,1-3H3,(H,22,23). The summed E-state index contributed by atoms with van der Waals surface area (Å²) < 4.78 is 7.16. The number of nitrogens with one attached hydrogen (secondary N) is 1. The number of benzene rings is 1. The SMILES string of the molecule is CCc1nncn1CCNC(=NCCCOC)N(C)Cc1ccc(Cl)c(Cl)c1. The van der Waals surface area contributed by atoms with Gasteiger partial charge in [0.15, 0.2) is 5.96 Å². The van der Waals surface area contributed by atoms with Crippen molar-refractivity contribution >= 4 is 29.2 Å². The van der Waals surface area contributed by atoms with E-state index < -0.39 is 0 Å². The number of rotatable bonds is 10. The van der Waals surface area contributed by atoms with Gasteiger partial charge in [0.2, 0.25) is 0 Å². The molecule has 2 rings (SSSR count). The number of aryl methyl sites for hydroxylation is 1. The van der Waals surface area contributed by atoms with Gasteiger partial charge in [-0.1, -0.05) is 36.2 Å². The molecule has 1 N–H and O–H groups in total. The molecule has 0 aliphatic rings. The second kappa shape index (κ2) is 11.9. The van der Waals surface area contributed by atoms with Crippen LogP contribution in [0.1, 0.15) is 24.7 Å². The molecule has 28 heavy (non-hydrogen) atoms. The van der Waals surface area contributed by atoms with Crippen LogP contribution in [0.3, 0.4) is 0 Å². The molecule has 0 amide bonds. The first-order valence-corrected chi connectivity index (χ1v) is 10.1. The van der Waals surface area contributed by atoms with E-state index in [9.17, 15) is 0 Å². The fraction of sp³-hybridized carbons (Fsp3) is 0.526. The third-order valence-corrected chi connectivity index (χ3v) is 4.92. The van der Waals surface area contributed by atoms with Gasteiger partial charge in [0.1, 0.15) is 12.2 Å². The van der Waals surface area contributed by atoms with Crippen molar-refractivity contribution in [2.75, 3.05) is 33.9 Å². The number of aliphatic imine (C=N–C) groups is 1. The van der Waals surface area contributed by atoms with Gasteiger partial charge < -0.3 is 19.5 Å². The molecule has 0 aliphatic heterocycles. The summed E-state index contributed by atoms with van der Waals surface area (Å²) in [6.07, 6.45) is 3.48. The molecule has 0 radical (unpaired) electrons. The number of aromatic nitrogens is 3. The number of guanidine groups is 1. The number of nitrogens with zero attached hydrogens (tertiary/aromatic N) is 5. The van der Waals surface area contributed by atoms with Crippen molar-refractivity contribution in [2.45, 2.75) is 32.9 Å². The number of hydrogen-bond acceptors (Lipinski definition) is 4. The molecule has 1 aromatic heterocycles. The van der Waals surface area contributed by atoms with E-state index in [1.165, 1.54) is 0 Å². The summed E-state index contributed by atoms with van der Waals surface area (Å²) in [6, 6.07) is 5.67. The van der Waals surface area contributed by atoms with Gasteiger partial charge in [0.05, 0.1) is 10.0 Å². The summed E-state index contributed by atoms with van der Waals surface area (Å²) in [5.74, 6) is 1.80. The minimum absolute atomic E-state index is 0.554. The molecule has 1 heterocycles. The highest BCUT2D eigenvalue weighted by atomic mass is 35.5. The Hall–Kier alpha value is -1.83. The topological polar surface area (TPSA) is 67.6 Å². The van der Waals surface area contributed by atoms with Gasteiger partial charge in [-0.2, -0.15) is 0 Å². The summed E-state index contributed by atoms with van der Waals surface area (Å²) >= 11 is 12.2. The molecule has 0 aliphatic carbocycles. The lowest BCUT2D eigenvalue weighted by atomic mass is 10.2. The largest absolute Gasteiger partial charge is 0.385 e. The van der Waals surface area contributed by atoms with Crippen LogP contribution in [0.2, 0.25) is 10.0 Å². The Balaban J connectivity index is 1.99. The van der Waals surface area contributed by atoms with Gasteiger partial charge in [-0.15, -0.1) is 10.2 Å². The first kappa shape index (κ1) is 22.5. The van der Waals surface area contributed by atoms with Gasteiger partial charge in [0.25, 0.3) is 0 Å². The maximum Gasteiger partial charge on any atom is 0.194 e. The average Bonchev–Trinajstić information content (AvgIpc) is 3.14. The minimum Gasteiger partial charge on any atom is -0.385 e. The fourth-order valence-electron chi connectivity index (χ4n) is 2.72. The Morgan fingerprint density at radius 3 is 2.86 bits per heavy atom. The average molecular weight is 427 g/mol. The molecule has 0 bridgehead atoms. The van der Waals surface area contributed by atoms with Crippen LogP contribution in [0.5, 0.6) is 0 Å². The predicted molar refractivity (Wildman–Crippen MR) is 114 cm³/mol. The Morgan fingerprint density at radius 1 is 1.32 bits per heavy atom. The van der Waals surface area contributed by atoms with Crippen molar-refractivity contribution in [1.29, 1.82) is 0 Å². The third-order valence-electron chi connectivity index (χ3n) is 4.18. The van der Waals surface area contributed by atoms with Gasteiger partial charge in [-0.25, -0.2) is 0 Å². The Labute approximate surface area is 176 Å². The number of ether oxygens (including phenoxy) is 1. The Bertz CT molecular complexity index is 765. The van der Waals surface area contributed by atoms with Crippen LogP contribution in [0.25, 0.3) is 0 Å². The van der Waals surface area contributed by atoms with Crippen molar-refractivity contribution < 1.29 is 4.74 Å². The summed E-state index contributed by atoms with van der Waals surface area (Å²) in [6.45, 7) is 5.61. The Morgan fingerprint density at radius 2 is 2.14 bits per heavy atom. The van der Waals surface area contributed by atoms with Gasteiger partial charge in [0, 0.05) is 53.4 Å². The zero-order chi connectivity index (χ0) is 20.4. The highest BCUT2D eigenvalue weighted by molar-refractivity contribution is 6.42. The quantitative estimate of drug-likeness (QED) is 0.358. The first-order valence-electron chi connectivity index (χ1n) is 9.34. The molecule has 154 valence electrons. The van der Waals surface area contributed by atoms with Crippen LogP contribution >= 0.6 is 23.2 Å². The second-order valence-electron chi connectivity index (χ2n) is 6.38. The van der Waals surface area contributed by atoms with E-state index in [1.54, 1.807) is 13.4 Å². The lowest BCUT2D eigenvalue weighted by Gasteiger charge is -2.23. The van der Waals surface area contributed by atoms with Gasteiger partial charge in [-0.05, 0) is 24.1 Å². The van der Waals surface area contributed by atoms with E-state index in [2.05, 4.69) is 31.9 Å². The predicted octanol–water partition coefficient (Wildman–Crippen LogP) is 3.26. The van der Waals surface area contributed by atoms with E-state index in [-0.39, 0.29) is 0 Å². The summed E-state index contributed by atoms with van der Waals surface area (Å²) in [7, 11) is 3.70. The lowest BCUT2D eigenvalue weighted by molar-refractivity contribution is 0.197. The molecular formula is C19H28Cl2N6O. The summed E-state index contributed by atoms with van der Waals surface area (Å²) in [4.78, 5) is 6.78. The Kier molecular flexibility index (Phi) is 9.54. The van der Waals surface area contributed by atoms with Gasteiger partial charge >= 0.3 is 0 Å². The van der Waals surface area contributed by atoms with Crippen LogP contribution in [0, 0.1) is 0 Å². The maximum absolute atomic E-state index is 6.14. The molecule has 9 heteroatoms. The summed E-state index contributed by atoms with van der Waals surface area (Å²) in [5.41, 5.74) is 1.07. The first-order chi connectivity index (χ1) is 13.5. The molecule has 2 aromatic rings. The smallest absolute Gasteiger partial charge is 0.194 e. The van der Waals surface area contributed by atoms with Crippen LogP contribution in [0.15, 0.2) is 29.5 Å². The van der Waals surface area contributed by atoms with Crippen LogP contribution < -0.4 is 5.32 Å². The zero-order valence-electron chi connectivity index (χ0n) is 16.7. The van der Waals surface area contributed by atoms with E-state index >= 15 is 0 Å². The summed E-state index contributed by atoms with van der Waals surface area (Å²) in [5, 5.41) is 12.6. The zero-order valence-corrected chi connectivity index (χ0v) is 18.2. The van der Waals surface area contributed by atoms with Crippen molar-refractivity contribution in [2.24, 2.45) is 4.99 Å². The van der Waals surface area contributed by atoms with Gasteiger partial charge in [-0.3, -0.25) is 4.99 Å². The van der Waals surface area contributed by atoms with Crippen molar-refractivity contribution in [3.05, 3.63) is 46.0 Å². The number of hydrogen-bond donors (Lipinski definition) is 1. The van der Waals surface area contributed by atoms with E-state index in [0.717, 1.165) is 43.3 Å². The van der Waals surface area contributed by atoms with Crippen LogP contribution in [-0.2, 0) is 24.2 Å². The minimum atomic E-state index is 0.554. The molecule has 7 nitrogen and oxygen atoms in total. The highest BCUT2D eigenvalue weighted by Gasteiger charge is 2.09. The third kappa shape index (κ3) is 6.96. The number of halogens is 2. The molecule has 1 aromatic carbocycles. The molecule has 0 saturated heterocycles. The van der Waals surface area contributed by atoms with Crippen molar-refractivity contribution in [1.82, 2.24) is 25.0 Å². The normalized spacial score (nSPS) is 11.7. The molecule has 0 saturated carbocycles. The number of methoxy groups -OCH3 is 1. The molecule has 0 unspecified atom stereocenters. The van der Waals surface area contributed by atoms with Crippen molar-refractivity contribution in [3.63, 3.8) is 0 Å². The van der Waals surface area contributed by atoms with Crippen molar-refractivity contribution in [3.8, 4) is 0 Å². The highest BCUT2D eigenvalue weighted by Crippen LogP contribution is 2.23. The molecule has 0 fully saturated rings. The van der Waals surface area contributed by atoms with E-state index in [1.807, 2.05) is 25.2 Å². The lowest BCUT2D eigenvalue weighted by Crippen LogP contribution is -2.40. The fourth-order valence-corrected chi connectivity index (χ4v) is 3.04. The van der Waals surface area contributed by atoms with E-state index in [4.69, 9.17) is 32.9 Å². The van der Waals surface area contributed by atoms with Crippen LogP contribution in [0.4, 0.5) is 0 Å². The van der Waals surface area contributed by atoms with E-state index in [0.29, 0.717) is 29.7 Å². The maximum atomic E-state index is 6.14. The molecule has 0 spiro atoms. The monoisotopic (exact) mass is 426 g/mol. The van der Waals surface area contributed by atoms with Crippen LogP contribution in [-0.4, -0.2) is 59.5 Å².